The van der Waals surface area contributed by atoms with Gasteiger partial charge in [0.05, 0.1) is 5.56 Å². The first kappa shape index (κ1) is 13.4. The van der Waals surface area contributed by atoms with Crippen LogP contribution in [0.25, 0.3) is 11.1 Å². The molecule has 1 aliphatic rings. The summed E-state index contributed by atoms with van der Waals surface area (Å²) in [5.41, 5.74) is 8.03. The highest BCUT2D eigenvalue weighted by Crippen LogP contribution is 2.37. The van der Waals surface area contributed by atoms with Crippen LogP contribution in [0.3, 0.4) is 0 Å². The average Bonchev–Trinajstić information content (AvgIpc) is 3.03. The van der Waals surface area contributed by atoms with Crippen molar-refractivity contribution < 1.29 is 0 Å². The number of nitrogens with two attached hydrogens (primary N) is 1. The van der Waals surface area contributed by atoms with Crippen LogP contribution in [0.1, 0.15) is 26.2 Å². The molecular formula is C15H20N4S. The maximum absolute atomic E-state index is 6.01. The van der Waals surface area contributed by atoms with Crippen molar-refractivity contribution in [1.29, 1.82) is 0 Å². The summed E-state index contributed by atoms with van der Waals surface area (Å²) >= 11 is 1.44. The van der Waals surface area contributed by atoms with Crippen molar-refractivity contribution >= 4 is 22.4 Å². The molecule has 0 aromatic carbocycles. The zero-order chi connectivity index (χ0) is 13.9. The number of rotatable bonds is 4. The molecule has 5 heteroatoms. The van der Waals surface area contributed by atoms with Crippen molar-refractivity contribution in [3.63, 3.8) is 0 Å². The predicted molar refractivity (Wildman–Crippen MR) is 84.8 cm³/mol. The van der Waals surface area contributed by atoms with E-state index in [-0.39, 0.29) is 0 Å². The number of hydrogen-bond acceptors (Lipinski definition) is 5. The Morgan fingerprint density at radius 2 is 2.35 bits per heavy atom. The number of nitrogens with one attached hydrogen (secondary N) is 1. The fraction of sp³-hybridized carbons (Fsp3) is 0.467. The van der Waals surface area contributed by atoms with Gasteiger partial charge in [-0.3, -0.25) is 4.98 Å². The molecule has 0 bridgehead atoms. The standard InChI is InChI=1S/C15H20N4S/c1-10-4-5-11(7-10)8-18-15-13(14(16)19-20-15)12-3-2-6-17-9-12/h2-3,6,9-11,18H,4-5,7-8H2,1H3,(H2,16,19). The van der Waals surface area contributed by atoms with Crippen molar-refractivity contribution in [3.05, 3.63) is 24.5 Å². The minimum Gasteiger partial charge on any atom is -0.382 e. The Hall–Kier alpha value is -1.62. The Morgan fingerprint density at radius 1 is 1.45 bits per heavy atom. The highest BCUT2D eigenvalue weighted by atomic mass is 32.1. The first-order chi connectivity index (χ1) is 9.74. The summed E-state index contributed by atoms with van der Waals surface area (Å²) in [6.45, 7) is 3.35. The van der Waals surface area contributed by atoms with Crippen LogP contribution < -0.4 is 11.1 Å². The molecule has 2 aromatic heterocycles. The smallest absolute Gasteiger partial charge is 0.147 e. The van der Waals surface area contributed by atoms with Gasteiger partial charge in [-0.2, -0.15) is 4.37 Å². The summed E-state index contributed by atoms with van der Waals surface area (Å²) < 4.78 is 4.28. The lowest BCUT2D eigenvalue weighted by Gasteiger charge is -2.12. The molecule has 1 fully saturated rings. The number of pyridine rings is 1. The van der Waals surface area contributed by atoms with Gasteiger partial charge in [-0.05, 0) is 42.3 Å². The molecule has 0 saturated heterocycles. The Kier molecular flexibility index (Phi) is 3.87. The molecule has 20 heavy (non-hydrogen) atoms. The van der Waals surface area contributed by atoms with Crippen LogP contribution in [0.15, 0.2) is 24.5 Å². The van der Waals surface area contributed by atoms with E-state index < -0.39 is 0 Å². The first-order valence-corrected chi connectivity index (χ1v) is 7.90. The van der Waals surface area contributed by atoms with Gasteiger partial charge in [0.2, 0.25) is 0 Å². The molecular weight excluding hydrogens is 268 g/mol. The van der Waals surface area contributed by atoms with E-state index in [0.717, 1.165) is 34.5 Å². The minimum atomic E-state index is 0.588. The molecule has 0 spiro atoms. The highest BCUT2D eigenvalue weighted by molar-refractivity contribution is 7.11. The normalized spacial score (nSPS) is 22.1. The second-order valence-electron chi connectivity index (χ2n) is 5.68. The molecule has 2 heterocycles. The van der Waals surface area contributed by atoms with Crippen molar-refractivity contribution in [1.82, 2.24) is 9.36 Å². The van der Waals surface area contributed by atoms with Gasteiger partial charge in [-0.25, -0.2) is 0 Å². The highest BCUT2D eigenvalue weighted by Gasteiger charge is 2.22. The number of hydrogen-bond donors (Lipinski definition) is 2. The van der Waals surface area contributed by atoms with Crippen LogP contribution in [0.4, 0.5) is 10.8 Å². The summed E-state index contributed by atoms with van der Waals surface area (Å²) in [5.74, 6) is 2.23. The molecule has 1 saturated carbocycles. The zero-order valence-electron chi connectivity index (χ0n) is 11.7. The van der Waals surface area contributed by atoms with Gasteiger partial charge in [0, 0.05) is 24.5 Å². The topological polar surface area (TPSA) is 63.8 Å². The summed E-state index contributed by atoms with van der Waals surface area (Å²) in [5, 5.41) is 4.61. The van der Waals surface area contributed by atoms with Crippen LogP contribution in [-0.4, -0.2) is 15.9 Å². The largest absolute Gasteiger partial charge is 0.382 e. The molecule has 0 amide bonds. The lowest BCUT2D eigenvalue weighted by atomic mass is 10.1. The SMILES string of the molecule is CC1CCC(CNc2snc(N)c2-c2cccnc2)C1. The summed E-state index contributed by atoms with van der Waals surface area (Å²) in [7, 11) is 0. The fourth-order valence-corrected chi connectivity index (χ4v) is 3.70. The number of nitrogen functional groups attached to an aromatic ring is 1. The van der Waals surface area contributed by atoms with E-state index in [1.54, 1.807) is 6.20 Å². The molecule has 2 atom stereocenters. The number of nitrogens with zero attached hydrogens (tertiary/aromatic N) is 2. The van der Waals surface area contributed by atoms with Crippen LogP contribution in [0.5, 0.6) is 0 Å². The van der Waals surface area contributed by atoms with Gasteiger partial charge < -0.3 is 11.1 Å². The molecule has 3 rings (SSSR count). The Labute approximate surface area is 123 Å². The van der Waals surface area contributed by atoms with Crippen LogP contribution in [0, 0.1) is 11.8 Å². The van der Waals surface area contributed by atoms with Gasteiger partial charge >= 0.3 is 0 Å². The third-order valence-corrected chi connectivity index (χ3v) is 4.84. The molecule has 0 aliphatic heterocycles. The number of aromatic nitrogens is 2. The lowest BCUT2D eigenvalue weighted by Crippen LogP contribution is -2.11. The third-order valence-electron chi connectivity index (χ3n) is 4.02. The van der Waals surface area contributed by atoms with Crippen LogP contribution in [-0.2, 0) is 0 Å². The molecule has 0 radical (unpaired) electrons. The van der Waals surface area contributed by atoms with E-state index in [0.29, 0.717) is 5.82 Å². The van der Waals surface area contributed by atoms with Gasteiger partial charge in [0.1, 0.15) is 10.8 Å². The summed E-state index contributed by atoms with van der Waals surface area (Å²) in [4.78, 5) is 4.16. The fourth-order valence-electron chi connectivity index (χ4n) is 2.96. The van der Waals surface area contributed by atoms with E-state index >= 15 is 0 Å². The third kappa shape index (κ3) is 2.77. The monoisotopic (exact) mass is 288 g/mol. The van der Waals surface area contributed by atoms with Gasteiger partial charge in [-0.1, -0.05) is 19.4 Å². The van der Waals surface area contributed by atoms with Gasteiger partial charge in [0.15, 0.2) is 0 Å². The Balaban J connectivity index is 1.74. The second kappa shape index (κ2) is 5.79. The van der Waals surface area contributed by atoms with Crippen LogP contribution in [0.2, 0.25) is 0 Å². The molecule has 2 unspecified atom stereocenters. The molecule has 3 N–H and O–H groups in total. The van der Waals surface area contributed by atoms with Gasteiger partial charge in [0.25, 0.3) is 0 Å². The van der Waals surface area contributed by atoms with Crippen molar-refractivity contribution in [3.8, 4) is 11.1 Å². The van der Waals surface area contributed by atoms with Crippen LogP contribution >= 0.6 is 11.5 Å². The quantitative estimate of drug-likeness (QED) is 0.901. The molecule has 1 aliphatic carbocycles. The van der Waals surface area contributed by atoms with Crippen molar-refractivity contribution in [2.45, 2.75) is 26.2 Å². The Morgan fingerprint density at radius 3 is 3.05 bits per heavy atom. The maximum Gasteiger partial charge on any atom is 0.147 e. The van der Waals surface area contributed by atoms with E-state index in [1.807, 2.05) is 18.3 Å². The van der Waals surface area contributed by atoms with Crippen molar-refractivity contribution in [2.75, 3.05) is 17.6 Å². The molecule has 106 valence electrons. The maximum atomic E-state index is 6.01. The van der Waals surface area contributed by atoms with E-state index in [2.05, 4.69) is 21.6 Å². The minimum absolute atomic E-state index is 0.588. The predicted octanol–water partition coefficient (Wildman–Crippen LogP) is 3.64. The number of anilines is 2. The lowest BCUT2D eigenvalue weighted by molar-refractivity contribution is 0.537. The Bertz CT molecular complexity index is 567. The summed E-state index contributed by atoms with van der Waals surface area (Å²) in [6, 6.07) is 3.95. The zero-order valence-corrected chi connectivity index (χ0v) is 12.5. The van der Waals surface area contributed by atoms with E-state index in [9.17, 15) is 0 Å². The van der Waals surface area contributed by atoms with E-state index in [1.165, 1.54) is 30.8 Å². The average molecular weight is 288 g/mol. The van der Waals surface area contributed by atoms with Gasteiger partial charge in [-0.15, -0.1) is 0 Å². The molecule has 2 aromatic rings. The van der Waals surface area contributed by atoms with E-state index in [4.69, 9.17) is 5.73 Å². The summed E-state index contributed by atoms with van der Waals surface area (Å²) in [6.07, 6.45) is 7.61. The first-order valence-electron chi connectivity index (χ1n) is 7.13. The molecule has 4 nitrogen and oxygen atoms in total. The van der Waals surface area contributed by atoms with Crippen molar-refractivity contribution in [2.24, 2.45) is 11.8 Å². The second-order valence-corrected chi connectivity index (χ2v) is 6.45.